The molecule has 0 saturated carbocycles. The lowest BCUT2D eigenvalue weighted by atomic mass is 10.3. The van der Waals surface area contributed by atoms with Crippen molar-refractivity contribution in [2.45, 2.75) is 0 Å². The summed E-state index contributed by atoms with van der Waals surface area (Å²) in [7, 11) is 1.73. The minimum atomic E-state index is 0.417. The number of anilines is 3. The van der Waals surface area contributed by atoms with Gasteiger partial charge in [-0.3, -0.25) is 0 Å². The lowest BCUT2D eigenvalue weighted by molar-refractivity contribution is 1.27. The van der Waals surface area contributed by atoms with Crippen LogP contribution in [0.5, 0.6) is 0 Å². The van der Waals surface area contributed by atoms with Gasteiger partial charge in [0, 0.05) is 11.5 Å². The molecule has 100 valence electrons. The molecule has 0 radical (unpaired) electrons. The SMILES string of the molecule is CNc1nc(Nc2cc(Br)ccc2Cl)c(Cl)cc1Cl. The van der Waals surface area contributed by atoms with Crippen molar-refractivity contribution in [3.8, 4) is 0 Å². The minimum Gasteiger partial charge on any atom is -0.372 e. The fraction of sp³-hybridized carbons (Fsp3) is 0.0833. The van der Waals surface area contributed by atoms with Crippen LogP contribution in [-0.4, -0.2) is 12.0 Å². The highest BCUT2D eigenvalue weighted by Crippen LogP contribution is 2.33. The molecule has 0 aliphatic rings. The lowest BCUT2D eigenvalue weighted by Gasteiger charge is -2.12. The van der Waals surface area contributed by atoms with Crippen molar-refractivity contribution in [3.05, 3.63) is 43.8 Å². The Morgan fingerprint density at radius 2 is 1.68 bits per heavy atom. The topological polar surface area (TPSA) is 37.0 Å². The fourth-order valence-electron chi connectivity index (χ4n) is 1.45. The van der Waals surface area contributed by atoms with Crippen molar-refractivity contribution in [2.75, 3.05) is 17.7 Å². The van der Waals surface area contributed by atoms with Gasteiger partial charge in [0.1, 0.15) is 5.82 Å². The van der Waals surface area contributed by atoms with Gasteiger partial charge in [-0.05, 0) is 24.3 Å². The van der Waals surface area contributed by atoms with E-state index < -0.39 is 0 Å². The van der Waals surface area contributed by atoms with Crippen molar-refractivity contribution >= 4 is 68.1 Å². The molecule has 0 atom stereocenters. The van der Waals surface area contributed by atoms with E-state index in [1.807, 2.05) is 12.1 Å². The second-order valence-corrected chi connectivity index (χ2v) is 5.79. The summed E-state index contributed by atoms with van der Waals surface area (Å²) in [6.45, 7) is 0. The van der Waals surface area contributed by atoms with Crippen LogP contribution in [0, 0.1) is 0 Å². The summed E-state index contributed by atoms with van der Waals surface area (Å²) < 4.78 is 0.901. The van der Waals surface area contributed by atoms with Gasteiger partial charge in [-0.1, -0.05) is 50.7 Å². The van der Waals surface area contributed by atoms with Gasteiger partial charge >= 0.3 is 0 Å². The van der Waals surface area contributed by atoms with Gasteiger partial charge in [-0.25, -0.2) is 4.98 Å². The van der Waals surface area contributed by atoms with Crippen LogP contribution in [0.4, 0.5) is 17.3 Å². The maximum absolute atomic E-state index is 6.11. The molecule has 3 nitrogen and oxygen atoms in total. The second-order valence-electron chi connectivity index (χ2n) is 3.65. The average molecular weight is 381 g/mol. The van der Waals surface area contributed by atoms with Gasteiger partial charge < -0.3 is 10.6 Å². The number of nitrogens with one attached hydrogen (secondary N) is 2. The molecule has 0 unspecified atom stereocenters. The third kappa shape index (κ3) is 3.45. The Bertz CT molecular complexity index is 619. The molecular formula is C12H9BrCl3N3. The van der Waals surface area contributed by atoms with E-state index in [2.05, 4.69) is 31.5 Å². The van der Waals surface area contributed by atoms with Gasteiger partial charge in [-0.15, -0.1) is 0 Å². The van der Waals surface area contributed by atoms with Crippen molar-refractivity contribution in [1.82, 2.24) is 4.98 Å². The number of aromatic nitrogens is 1. The lowest BCUT2D eigenvalue weighted by Crippen LogP contribution is -2.00. The van der Waals surface area contributed by atoms with Crippen molar-refractivity contribution in [3.63, 3.8) is 0 Å². The van der Waals surface area contributed by atoms with Gasteiger partial charge in [0.05, 0.1) is 20.8 Å². The third-order valence-electron chi connectivity index (χ3n) is 2.35. The first-order chi connectivity index (χ1) is 9.01. The van der Waals surface area contributed by atoms with E-state index in [4.69, 9.17) is 34.8 Å². The smallest absolute Gasteiger partial charge is 0.151 e. The van der Waals surface area contributed by atoms with E-state index in [0.717, 1.165) is 4.47 Å². The number of rotatable bonds is 3. The maximum atomic E-state index is 6.11. The van der Waals surface area contributed by atoms with E-state index in [0.29, 0.717) is 32.4 Å². The highest BCUT2D eigenvalue weighted by molar-refractivity contribution is 9.10. The number of hydrogen-bond acceptors (Lipinski definition) is 3. The molecule has 2 N–H and O–H groups in total. The first kappa shape index (κ1) is 14.7. The molecule has 2 aromatic rings. The van der Waals surface area contributed by atoms with Gasteiger partial charge in [0.25, 0.3) is 0 Å². The van der Waals surface area contributed by atoms with E-state index in [1.165, 1.54) is 0 Å². The Morgan fingerprint density at radius 1 is 1.00 bits per heavy atom. The number of hydrogen-bond donors (Lipinski definition) is 2. The standard InChI is InChI=1S/C12H9BrCl3N3/c1-17-11-8(15)5-9(16)12(19-11)18-10-4-6(13)2-3-7(10)14/h2-5H,1H3,(H2,17,18,19). The van der Waals surface area contributed by atoms with Crippen LogP contribution in [0.1, 0.15) is 0 Å². The van der Waals surface area contributed by atoms with Crippen molar-refractivity contribution in [1.29, 1.82) is 0 Å². The molecule has 1 aromatic heterocycles. The second kappa shape index (κ2) is 6.18. The average Bonchev–Trinajstić information content (AvgIpc) is 2.37. The maximum Gasteiger partial charge on any atom is 0.151 e. The van der Waals surface area contributed by atoms with Gasteiger partial charge in [0.2, 0.25) is 0 Å². The Hall–Kier alpha value is -0.680. The first-order valence-corrected chi connectivity index (χ1v) is 7.20. The van der Waals surface area contributed by atoms with Crippen LogP contribution in [-0.2, 0) is 0 Å². The zero-order valence-corrected chi connectivity index (χ0v) is 13.6. The molecule has 19 heavy (non-hydrogen) atoms. The number of pyridine rings is 1. The number of nitrogens with zero attached hydrogens (tertiary/aromatic N) is 1. The molecule has 0 aliphatic heterocycles. The van der Waals surface area contributed by atoms with Gasteiger partial charge in [-0.2, -0.15) is 0 Å². The molecule has 0 saturated heterocycles. The van der Waals surface area contributed by atoms with Crippen molar-refractivity contribution in [2.24, 2.45) is 0 Å². The summed E-state index contributed by atoms with van der Waals surface area (Å²) in [6.07, 6.45) is 0. The molecule has 7 heteroatoms. The Labute approximate surface area is 134 Å². The Kier molecular flexibility index (Phi) is 4.79. The predicted molar refractivity (Wildman–Crippen MR) is 86.2 cm³/mol. The molecule has 0 spiro atoms. The molecule has 0 aliphatic carbocycles. The molecule has 1 heterocycles. The van der Waals surface area contributed by atoms with Crippen LogP contribution < -0.4 is 10.6 Å². The Balaban J connectivity index is 2.40. The molecule has 2 rings (SSSR count). The summed E-state index contributed by atoms with van der Waals surface area (Å²) >= 11 is 21.6. The highest BCUT2D eigenvalue weighted by atomic mass is 79.9. The molecule has 0 amide bonds. The summed E-state index contributed by atoms with van der Waals surface area (Å²) in [5.41, 5.74) is 0.704. The predicted octanol–water partition coefficient (Wildman–Crippen LogP) is 5.59. The van der Waals surface area contributed by atoms with E-state index in [-0.39, 0.29) is 0 Å². The summed E-state index contributed by atoms with van der Waals surface area (Å²) in [5.74, 6) is 1.02. The molecule has 0 bridgehead atoms. The quantitative estimate of drug-likeness (QED) is 0.728. The van der Waals surface area contributed by atoms with Crippen LogP contribution >= 0.6 is 50.7 Å². The third-order valence-corrected chi connectivity index (χ3v) is 3.75. The van der Waals surface area contributed by atoms with E-state index >= 15 is 0 Å². The largest absolute Gasteiger partial charge is 0.372 e. The summed E-state index contributed by atoms with van der Waals surface area (Å²) in [5, 5.41) is 7.42. The van der Waals surface area contributed by atoms with Crippen LogP contribution in [0.3, 0.4) is 0 Å². The van der Waals surface area contributed by atoms with E-state index in [1.54, 1.807) is 19.2 Å². The zero-order valence-electron chi connectivity index (χ0n) is 9.77. The van der Waals surface area contributed by atoms with Gasteiger partial charge in [0.15, 0.2) is 5.82 Å². The van der Waals surface area contributed by atoms with Crippen LogP contribution in [0.25, 0.3) is 0 Å². The minimum absolute atomic E-state index is 0.417. The van der Waals surface area contributed by atoms with Crippen LogP contribution in [0.15, 0.2) is 28.7 Å². The Morgan fingerprint density at radius 3 is 2.37 bits per heavy atom. The number of halogens is 4. The van der Waals surface area contributed by atoms with Crippen LogP contribution in [0.2, 0.25) is 15.1 Å². The zero-order chi connectivity index (χ0) is 14.0. The summed E-state index contributed by atoms with van der Waals surface area (Å²) in [6, 6.07) is 7.09. The molecular weight excluding hydrogens is 372 g/mol. The molecule has 1 aromatic carbocycles. The fourth-order valence-corrected chi connectivity index (χ4v) is 2.48. The van der Waals surface area contributed by atoms with E-state index in [9.17, 15) is 0 Å². The highest BCUT2D eigenvalue weighted by Gasteiger charge is 2.10. The normalized spacial score (nSPS) is 10.4. The number of benzene rings is 1. The monoisotopic (exact) mass is 379 g/mol. The molecule has 0 fully saturated rings. The first-order valence-electron chi connectivity index (χ1n) is 5.27. The van der Waals surface area contributed by atoms with Crippen molar-refractivity contribution < 1.29 is 0 Å². The summed E-state index contributed by atoms with van der Waals surface area (Å²) in [4.78, 5) is 4.30.